The lowest BCUT2D eigenvalue weighted by Gasteiger charge is -2.38. The van der Waals surface area contributed by atoms with Crippen molar-refractivity contribution in [2.45, 2.75) is 31.1 Å². The molecule has 0 amide bonds. The van der Waals surface area contributed by atoms with Crippen LogP contribution in [0.3, 0.4) is 0 Å². The Morgan fingerprint density at radius 2 is 1.11 bits per heavy atom. The van der Waals surface area contributed by atoms with Gasteiger partial charge in [-0.2, -0.15) is 0 Å². The minimum absolute atomic E-state index is 0.810. The molecule has 2 saturated carbocycles. The van der Waals surface area contributed by atoms with Gasteiger partial charge in [-0.3, -0.25) is 0 Å². The molecule has 3 aliphatic carbocycles. The second kappa shape index (κ2) is 3.50. The number of benzene rings is 2. The minimum Gasteiger partial charge on any atom is -0.0619 e. The Bertz CT molecular complexity index is 597. The van der Waals surface area contributed by atoms with Gasteiger partial charge < -0.3 is 0 Å². The first-order chi connectivity index (χ1) is 9.43. The van der Waals surface area contributed by atoms with E-state index in [1.54, 1.807) is 11.1 Å². The molecule has 0 saturated heterocycles. The molecule has 4 atom stereocenters. The Balaban J connectivity index is 1.83. The molecule has 0 spiro atoms. The summed E-state index contributed by atoms with van der Waals surface area (Å²) in [5, 5.41) is 0. The molecule has 5 rings (SSSR count). The van der Waals surface area contributed by atoms with Crippen molar-refractivity contribution in [3.8, 4) is 11.1 Å². The normalized spacial score (nSPS) is 33.7. The second-order valence-corrected chi connectivity index (χ2v) is 6.56. The van der Waals surface area contributed by atoms with Gasteiger partial charge in [0.05, 0.1) is 0 Å². The molecule has 0 heteroatoms. The van der Waals surface area contributed by atoms with Gasteiger partial charge >= 0.3 is 0 Å². The monoisotopic (exact) mass is 246 g/mol. The molecular weight excluding hydrogens is 228 g/mol. The van der Waals surface area contributed by atoms with Crippen molar-refractivity contribution in [2.75, 3.05) is 0 Å². The van der Waals surface area contributed by atoms with Crippen molar-refractivity contribution in [2.24, 2.45) is 11.8 Å². The summed E-state index contributed by atoms with van der Waals surface area (Å²) in [7, 11) is 0. The van der Waals surface area contributed by atoms with E-state index in [-0.39, 0.29) is 0 Å². The summed E-state index contributed by atoms with van der Waals surface area (Å²) in [6, 6.07) is 18.3. The van der Waals surface area contributed by atoms with Gasteiger partial charge in [0.15, 0.2) is 0 Å². The Morgan fingerprint density at radius 3 is 1.63 bits per heavy atom. The van der Waals surface area contributed by atoms with E-state index in [2.05, 4.69) is 48.5 Å². The Morgan fingerprint density at radius 1 is 0.632 bits per heavy atom. The van der Waals surface area contributed by atoms with Crippen molar-refractivity contribution < 1.29 is 0 Å². The molecule has 94 valence electrons. The van der Waals surface area contributed by atoms with E-state index in [0.29, 0.717) is 0 Å². The minimum atomic E-state index is 0.810. The predicted octanol–water partition coefficient (Wildman–Crippen LogP) is 4.96. The molecule has 0 N–H and O–H groups in total. The molecule has 0 heterocycles. The van der Waals surface area contributed by atoms with E-state index in [1.165, 1.54) is 30.4 Å². The third-order valence-electron chi connectivity index (χ3n) is 5.85. The van der Waals surface area contributed by atoms with Gasteiger partial charge in [-0.05, 0) is 65.2 Å². The molecular formula is C19H18. The van der Waals surface area contributed by atoms with Crippen LogP contribution in [0.2, 0.25) is 0 Å². The van der Waals surface area contributed by atoms with Gasteiger partial charge in [-0.15, -0.1) is 0 Å². The quantitative estimate of drug-likeness (QED) is 0.616. The van der Waals surface area contributed by atoms with Crippen molar-refractivity contribution in [3.63, 3.8) is 0 Å². The van der Waals surface area contributed by atoms with Crippen LogP contribution in [-0.2, 0) is 0 Å². The number of rotatable bonds is 0. The van der Waals surface area contributed by atoms with Crippen molar-refractivity contribution in [1.29, 1.82) is 0 Å². The van der Waals surface area contributed by atoms with Gasteiger partial charge in [0, 0.05) is 0 Å². The summed E-state index contributed by atoms with van der Waals surface area (Å²) in [5.41, 5.74) is 6.29. The zero-order chi connectivity index (χ0) is 12.4. The molecule has 0 radical (unpaired) electrons. The van der Waals surface area contributed by atoms with Gasteiger partial charge in [-0.1, -0.05) is 48.5 Å². The highest BCUT2D eigenvalue weighted by Crippen LogP contribution is 2.64. The van der Waals surface area contributed by atoms with E-state index < -0.39 is 0 Å². The standard InChI is InChI=1S/C19H18/c1-3-7-16-14(5-1)15-6-2-4-8-17(15)19-13-10-9-12(11-13)18(16)19/h1-8,12-13,18-19H,9-11H2/t12-,13+,18?,19?. The molecule has 2 bridgehead atoms. The van der Waals surface area contributed by atoms with Crippen LogP contribution in [0.1, 0.15) is 42.2 Å². The first kappa shape index (κ1) is 10.3. The zero-order valence-corrected chi connectivity index (χ0v) is 11.0. The topological polar surface area (TPSA) is 0 Å². The van der Waals surface area contributed by atoms with Gasteiger partial charge in [0.25, 0.3) is 0 Å². The van der Waals surface area contributed by atoms with Crippen molar-refractivity contribution >= 4 is 0 Å². The summed E-state index contributed by atoms with van der Waals surface area (Å²) in [4.78, 5) is 0. The SMILES string of the molecule is c1ccc2c(c1)-c1ccccc1C1C2[C@@H]2CC[C@H]1C2. The van der Waals surface area contributed by atoms with E-state index in [0.717, 1.165) is 23.7 Å². The number of hydrogen-bond acceptors (Lipinski definition) is 0. The van der Waals surface area contributed by atoms with Gasteiger partial charge in [0.2, 0.25) is 0 Å². The smallest absolute Gasteiger partial charge is 0.00556 e. The molecule has 19 heavy (non-hydrogen) atoms. The van der Waals surface area contributed by atoms with E-state index in [4.69, 9.17) is 0 Å². The highest BCUT2D eigenvalue weighted by Gasteiger charge is 2.51. The Kier molecular flexibility index (Phi) is 1.89. The fourth-order valence-corrected chi connectivity index (χ4v) is 5.25. The second-order valence-electron chi connectivity index (χ2n) is 6.56. The van der Waals surface area contributed by atoms with Gasteiger partial charge in [-0.25, -0.2) is 0 Å². The molecule has 0 aromatic heterocycles. The van der Waals surface area contributed by atoms with Gasteiger partial charge in [0.1, 0.15) is 0 Å². The van der Waals surface area contributed by atoms with E-state index >= 15 is 0 Å². The first-order valence-corrected chi connectivity index (χ1v) is 7.62. The van der Waals surface area contributed by atoms with Crippen LogP contribution >= 0.6 is 0 Å². The van der Waals surface area contributed by atoms with Crippen LogP contribution in [-0.4, -0.2) is 0 Å². The average molecular weight is 246 g/mol. The fraction of sp³-hybridized carbons (Fsp3) is 0.368. The maximum Gasteiger partial charge on any atom is -0.00556 e. The summed E-state index contributed by atoms with van der Waals surface area (Å²) >= 11 is 0. The third-order valence-corrected chi connectivity index (χ3v) is 5.85. The number of hydrogen-bond donors (Lipinski definition) is 0. The fourth-order valence-electron chi connectivity index (χ4n) is 5.25. The maximum absolute atomic E-state index is 2.39. The summed E-state index contributed by atoms with van der Waals surface area (Å²) in [5.74, 6) is 3.52. The maximum atomic E-state index is 2.39. The third kappa shape index (κ3) is 1.20. The predicted molar refractivity (Wildman–Crippen MR) is 78.2 cm³/mol. The molecule has 2 fully saturated rings. The van der Waals surface area contributed by atoms with Crippen LogP contribution in [0.4, 0.5) is 0 Å². The van der Waals surface area contributed by atoms with Crippen molar-refractivity contribution in [3.05, 3.63) is 59.7 Å². The molecule has 0 aliphatic heterocycles. The van der Waals surface area contributed by atoms with Crippen LogP contribution in [0.15, 0.2) is 48.5 Å². The van der Waals surface area contributed by atoms with Crippen LogP contribution in [0.5, 0.6) is 0 Å². The van der Waals surface area contributed by atoms with E-state index in [1.807, 2.05) is 0 Å². The molecule has 2 aromatic rings. The lowest BCUT2D eigenvalue weighted by molar-refractivity contribution is 0.363. The molecule has 0 nitrogen and oxygen atoms in total. The lowest BCUT2D eigenvalue weighted by atomic mass is 9.66. The largest absolute Gasteiger partial charge is 0.0619 e. The Hall–Kier alpha value is -1.56. The lowest BCUT2D eigenvalue weighted by Crippen LogP contribution is -2.23. The summed E-state index contributed by atoms with van der Waals surface area (Å²) in [6.07, 6.45) is 4.39. The summed E-state index contributed by atoms with van der Waals surface area (Å²) < 4.78 is 0. The highest BCUT2D eigenvalue weighted by atomic mass is 14.5. The van der Waals surface area contributed by atoms with E-state index in [9.17, 15) is 0 Å². The summed E-state index contributed by atoms with van der Waals surface area (Å²) in [6.45, 7) is 0. The van der Waals surface area contributed by atoms with Crippen LogP contribution in [0.25, 0.3) is 11.1 Å². The van der Waals surface area contributed by atoms with Crippen molar-refractivity contribution in [1.82, 2.24) is 0 Å². The zero-order valence-electron chi connectivity index (χ0n) is 11.0. The first-order valence-electron chi connectivity index (χ1n) is 7.62. The molecule has 3 aliphatic rings. The van der Waals surface area contributed by atoms with Crippen LogP contribution < -0.4 is 0 Å². The average Bonchev–Trinajstić information content (AvgIpc) is 3.09. The Labute approximate surface area is 114 Å². The number of fused-ring (bicyclic) bond motifs is 10. The molecule has 2 unspecified atom stereocenters. The highest BCUT2D eigenvalue weighted by molar-refractivity contribution is 5.75. The van der Waals surface area contributed by atoms with Crippen LogP contribution in [0, 0.1) is 11.8 Å². The molecule has 2 aromatic carbocycles.